The second-order valence-electron chi connectivity index (χ2n) is 8.54. The van der Waals surface area contributed by atoms with E-state index in [9.17, 15) is 0 Å². The number of nitrogens with zero attached hydrogens (tertiary/aromatic N) is 1. The van der Waals surface area contributed by atoms with E-state index in [1.54, 1.807) is 0 Å². The molecule has 142 valence electrons. The van der Waals surface area contributed by atoms with Gasteiger partial charge in [-0.1, -0.05) is 69.3 Å². The van der Waals surface area contributed by atoms with Crippen LogP contribution < -0.4 is 0 Å². The van der Waals surface area contributed by atoms with Crippen molar-refractivity contribution < 1.29 is 4.42 Å². The van der Waals surface area contributed by atoms with E-state index in [1.165, 1.54) is 11.1 Å². The Morgan fingerprint density at radius 2 is 1.55 bits per heavy atom. The molecule has 2 nitrogen and oxygen atoms in total. The Hall–Kier alpha value is -3.39. The van der Waals surface area contributed by atoms with Crippen molar-refractivity contribution >= 4 is 21.9 Å². The van der Waals surface area contributed by atoms with Crippen LogP contribution in [0.25, 0.3) is 44.3 Å². The first-order chi connectivity index (χ1) is 14.0. The molecule has 5 rings (SSSR count). The Kier molecular flexibility index (Phi) is 4.02. The number of furan rings is 1. The Labute approximate surface area is 170 Å². The lowest BCUT2D eigenvalue weighted by Gasteiger charge is -2.19. The molecular formula is C27H23NO. The minimum atomic E-state index is 0.0735. The number of hydrogen-bond donors (Lipinski definition) is 0. The summed E-state index contributed by atoms with van der Waals surface area (Å²) >= 11 is 0. The number of fused-ring (bicyclic) bond motifs is 3. The molecular weight excluding hydrogens is 354 g/mol. The van der Waals surface area contributed by atoms with Gasteiger partial charge in [0.2, 0.25) is 0 Å². The van der Waals surface area contributed by atoms with Crippen LogP contribution in [0.4, 0.5) is 0 Å². The zero-order valence-electron chi connectivity index (χ0n) is 16.9. The summed E-state index contributed by atoms with van der Waals surface area (Å²) in [6, 6.07) is 27.4. The molecule has 0 aliphatic heterocycles. The predicted octanol–water partition coefficient (Wildman–Crippen LogP) is 7.61. The summed E-state index contributed by atoms with van der Waals surface area (Å²) in [5.41, 5.74) is 7.47. The lowest BCUT2D eigenvalue weighted by Crippen LogP contribution is -2.11. The average molecular weight is 377 g/mol. The summed E-state index contributed by atoms with van der Waals surface area (Å²) in [5.74, 6) is 0. The van der Waals surface area contributed by atoms with Gasteiger partial charge in [-0.3, -0.25) is 4.98 Å². The van der Waals surface area contributed by atoms with Crippen molar-refractivity contribution in [3.05, 3.63) is 90.6 Å². The molecule has 0 radical (unpaired) electrons. The fourth-order valence-electron chi connectivity index (χ4n) is 3.85. The molecule has 0 saturated carbocycles. The molecule has 0 amide bonds. The molecule has 29 heavy (non-hydrogen) atoms. The zero-order valence-corrected chi connectivity index (χ0v) is 16.9. The minimum absolute atomic E-state index is 0.0735. The lowest BCUT2D eigenvalue weighted by molar-refractivity contribution is 0.589. The van der Waals surface area contributed by atoms with Gasteiger partial charge >= 0.3 is 0 Å². The summed E-state index contributed by atoms with van der Waals surface area (Å²) in [6.07, 6.45) is 1.89. The maximum atomic E-state index is 6.39. The molecule has 0 fully saturated rings. The lowest BCUT2D eigenvalue weighted by atomic mass is 9.87. The highest BCUT2D eigenvalue weighted by atomic mass is 16.3. The van der Waals surface area contributed by atoms with Crippen molar-refractivity contribution in [2.45, 2.75) is 26.2 Å². The molecule has 3 aromatic carbocycles. The Morgan fingerprint density at radius 1 is 0.724 bits per heavy atom. The topological polar surface area (TPSA) is 26.0 Å². The quantitative estimate of drug-likeness (QED) is 0.316. The smallest absolute Gasteiger partial charge is 0.144 e. The second-order valence-corrected chi connectivity index (χ2v) is 8.54. The maximum absolute atomic E-state index is 6.39. The van der Waals surface area contributed by atoms with E-state index < -0.39 is 0 Å². The predicted molar refractivity (Wildman–Crippen MR) is 121 cm³/mol. The monoisotopic (exact) mass is 377 g/mol. The number of para-hydroxylation sites is 1. The van der Waals surface area contributed by atoms with Crippen LogP contribution in [0.15, 0.2) is 89.5 Å². The van der Waals surface area contributed by atoms with Crippen LogP contribution in [0.2, 0.25) is 0 Å². The van der Waals surface area contributed by atoms with E-state index in [-0.39, 0.29) is 5.41 Å². The average Bonchev–Trinajstić information content (AvgIpc) is 3.12. The van der Waals surface area contributed by atoms with Gasteiger partial charge < -0.3 is 4.42 Å². The summed E-state index contributed by atoms with van der Waals surface area (Å²) in [4.78, 5) is 4.65. The number of aromatic nitrogens is 1. The highest BCUT2D eigenvalue weighted by molar-refractivity contribution is 6.10. The third-order valence-electron chi connectivity index (χ3n) is 5.51. The van der Waals surface area contributed by atoms with Crippen LogP contribution in [0, 0.1) is 0 Å². The summed E-state index contributed by atoms with van der Waals surface area (Å²) in [7, 11) is 0. The van der Waals surface area contributed by atoms with Crippen LogP contribution in [0.3, 0.4) is 0 Å². The van der Waals surface area contributed by atoms with Crippen molar-refractivity contribution in [1.29, 1.82) is 0 Å². The Balaban J connectivity index is 1.70. The minimum Gasteiger partial charge on any atom is -0.455 e. The maximum Gasteiger partial charge on any atom is 0.144 e. The molecule has 0 atom stereocenters. The van der Waals surface area contributed by atoms with Gasteiger partial charge in [0.05, 0.1) is 5.69 Å². The van der Waals surface area contributed by atoms with Crippen molar-refractivity contribution in [3.63, 3.8) is 0 Å². The number of hydrogen-bond acceptors (Lipinski definition) is 2. The molecule has 2 heteroatoms. The van der Waals surface area contributed by atoms with E-state index in [1.807, 2.05) is 12.3 Å². The molecule has 0 N–H and O–H groups in total. The zero-order chi connectivity index (χ0) is 20.0. The normalized spacial score (nSPS) is 12.0. The van der Waals surface area contributed by atoms with E-state index >= 15 is 0 Å². The highest BCUT2D eigenvalue weighted by Gasteiger charge is 2.17. The molecule has 0 aliphatic carbocycles. The fourth-order valence-corrected chi connectivity index (χ4v) is 3.85. The molecule has 0 spiro atoms. The van der Waals surface area contributed by atoms with E-state index in [4.69, 9.17) is 4.42 Å². The summed E-state index contributed by atoms with van der Waals surface area (Å²) < 4.78 is 6.39. The second kappa shape index (κ2) is 6.59. The highest BCUT2D eigenvalue weighted by Crippen LogP contribution is 2.37. The van der Waals surface area contributed by atoms with E-state index in [2.05, 4.69) is 98.6 Å². The van der Waals surface area contributed by atoms with Gasteiger partial charge in [0.15, 0.2) is 0 Å². The molecule has 0 aliphatic rings. The number of rotatable bonds is 2. The van der Waals surface area contributed by atoms with Crippen molar-refractivity contribution in [3.8, 4) is 22.4 Å². The Morgan fingerprint density at radius 3 is 2.34 bits per heavy atom. The van der Waals surface area contributed by atoms with E-state index in [0.29, 0.717) is 0 Å². The van der Waals surface area contributed by atoms with Crippen LogP contribution in [0.5, 0.6) is 0 Å². The molecule has 0 bridgehead atoms. The van der Waals surface area contributed by atoms with Crippen molar-refractivity contribution in [2.75, 3.05) is 0 Å². The van der Waals surface area contributed by atoms with Crippen LogP contribution in [0.1, 0.15) is 26.3 Å². The van der Waals surface area contributed by atoms with Crippen molar-refractivity contribution in [1.82, 2.24) is 4.98 Å². The van der Waals surface area contributed by atoms with Crippen LogP contribution in [-0.4, -0.2) is 4.98 Å². The first-order valence-corrected chi connectivity index (χ1v) is 9.98. The first kappa shape index (κ1) is 17.7. The SMILES string of the molecule is CC(C)(C)c1ccnc(-c2cccc3c2oc2cc(-c4ccccc4)ccc23)c1. The summed E-state index contributed by atoms with van der Waals surface area (Å²) in [5, 5.41) is 2.26. The first-order valence-electron chi connectivity index (χ1n) is 9.98. The number of pyridine rings is 1. The molecule has 2 heterocycles. The van der Waals surface area contributed by atoms with Gasteiger partial charge in [0.25, 0.3) is 0 Å². The molecule has 5 aromatic rings. The van der Waals surface area contributed by atoms with Gasteiger partial charge in [-0.15, -0.1) is 0 Å². The third-order valence-corrected chi connectivity index (χ3v) is 5.51. The number of benzene rings is 3. The summed E-state index contributed by atoms with van der Waals surface area (Å²) in [6.45, 7) is 6.66. The van der Waals surface area contributed by atoms with Gasteiger partial charge in [-0.05, 0) is 52.4 Å². The Bertz CT molecular complexity index is 1320. The molecule has 2 aromatic heterocycles. The fraction of sp³-hybridized carbons (Fsp3) is 0.148. The van der Waals surface area contributed by atoms with Gasteiger partial charge in [-0.2, -0.15) is 0 Å². The molecule has 0 unspecified atom stereocenters. The van der Waals surface area contributed by atoms with E-state index in [0.717, 1.165) is 38.8 Å². The van der Waals surface area contributed by atoms with Gasteiger partial charge in [-0.25, -0.2) is 0 Å². The van der Waals surface area contributed by atoms with Gasteiger partial charge in [0.1, 0.15) is 11.2 Å². The largest absolute Gasteiger partial charge is 0.455 e. The molecule has 0 saturated heterocycles. The van der Waals surface area contributed by atoms with Crippen LogP contribution in [-0.2, 0) is 5.41 Å². The van der Waals surface area contributed by atoms with Crippen LogP contribution >= 0.6 is 0 Å². The van der Waals surface area contributed by atoms with Crippen molar-refractivity contribution in [2.24, 2.45) is 0 Å². The third kappa shape index (κ3) is 3.11. The van der Waals surface area contributed by atoms with Gasteiger partial charge in [0, 0.05) is 22.5 Å². The standard InChI is InChI=1S/C27H23NO/c1-27(2,3)20-14-15-28-24(17-20)23-11-7-10-22-21-13-12-19(16-25(21)29-26(22)23)18-8-5-4-6-9-18/h4-17H,1-3H3.